The lowest BCUT2D eigenvalue weighted by Crippen LogP contribution is -2.15. The summed E-state index contributed by atoms with van der Waals surface area (Å²) in [6.45, 7) is 2.38. The Hall–Kier alpha value is -0.330. The van der Waals surface area contributed by atoms with Gasteiger partial charge in [-0.2, -0.15) is 0 Å². The summed E-state index contributed by atoms with van der Waals surface area (Å²) in [6.07, 6.45) is 25.2. The van der Waals surface area contributed by atoms with Crippen LogP contribution in [0.5, 0.6) is 0 Å². The Morgan fingerprint density at radius 2 is 1.29 bits per heavy atom. The van der Waals surface area contributed by atoms with E-state index in [4.69, 9.17) is 0 Å². The fourth-order valence-corrected chi connectivity index (χ4v) is 5.22. The van der Waals surface area contributed by atoms with Crippen molar-refractivity contribution in [1.29, 1.82) is 0 Å². The van der Waals surface area contributed by atoms with Crippen molar-refractivity contribution < 1.29 is 4.79 Å². The van der Waals surface area contributed by atoms with E-state index < -0.39 is 0 Å². The topological polar surface area (TPSA) is 17.1 Å². The van der Waals surface area contributed by atoms with Crippen molar-refractivity contribution in [2.24, 2.45) is 23.7 Å². The molecular weight excluding hydrogens is 292 g/mol. The number of hydrogen-bond acceptors (Lipinski definition) is 1. The standard InChI is InChI=1S/C23H42O/c1-2-20-12-9-13-22(18-20)11-8-6-4-3-5-7-10-21-14-16-23(19-24)17-15-21/h19-23H,2-18H2,1H3. The van der Waals surface area contributed by atoms with Crippen LogP contribution in [0.2, 0.25) is 0 Å². The van der Waals surface area contributed by atoms with E-state index in [1.165, 1.54) is 103 Å². The molecule has 1 nitrogen and oxygen atoms in total. The van der Waals surface area contributed by atoms with Gasteiger partial charge in [0.2, 0.25) is 0 Å². The van der Waals surface area contributed by atoms with Gasteiger partial charge in [0.05, 0.1) is 0 Å². The molecule has 2 atom stereocenters. The minimum absolute atomic E-state index is 0.387. The van der Waals surface area contributed by atoms with E-state index in [0.717, 1.165) is 30.6 Å². The van der Waals surface area contributed by atoms with Gasteiger partial charge < -0.3 is 4.79 Å². The Labute approximate surface area is 151 Å². The summed E-state index contributed by atoms with van der Waals surface area (Å²) in [4.78, 5) is 10.8. The maximum Gasteiger partial charge on any atom is 0.123 e. The molecule has 0 amide bonds. The number of aldehydes is 1. The van der Waals surface area contributed by atoms with E-state index in [9.17, 15) is 4.79 Å². The van der Waals surface area contributed by atoms with Gasteiger partial charge in [-0.25, -0.2) is 0 Å². The van der Waals surface area contributed by atoms with Gasteiger partial charge in [-0.3, -0.25) is 0 Å². The third-order valence-electron chi connectivity index (χ3n) is 7.03. The summed E-state index contributed by atoms with van der Waals surface area (Å²) in [5.41, 5.74) is 0. The molecule has 0 spiro atoms. The second-order valence-corrected chi connectivity index (χ2v) is 8.92. The fourth-order valence-electron chi connectivity index (χ4n) is 5.22. The largest absolute Gasteiger partial charge is 0.303 e. The first-order chi connectivity index (χ1) is 11.8. The minimum atomic E-state index is 0.387. The predicted octanol–water partition coefficient (Wildman–Crippen LogP) is 7.33. The highest BCUT2D eigenvalue weighted by Gasteiger charge is 2.21. The monoisotopic (exact) mass is 334 g/mol. The Bertz CT molecular complexity index is 316. The first-order valence-corrected chi connectivity index (χ1v) is 11.3. The first-order valence-electron chi connectivity index (χ1n) is 11.3. The number of hydrogen-bond donors (Lipinski definition) is 0. The van der Waals surface area contributed by atoms with Gasteiger partial charge >= 0.3 is 0 Å². The number of carbonyl (C=O) groups excluding carboxylic acids is 1. The Kier molecular flexibility index (Phi) is 10.1. The maximum atomic E-state index is 10.8. The van der Waals surface area contributed by atoms with E-state index >= 15 is 0 Å². The van der Waals surface area contributed by atoms with Crippen LogP contribution in [0.1, 0.15) is 116 Å². The highest BCUT2D eigenvalue weighted by Crippen LogP contribution is 2.34. The highest BCUT2D eigenvalue weighted by atomic mass is 16.1. The third-order valence-corrected chi connectivity index (χ3v) is 7.03. The second-order valence-electron chi connectivity index (χ2n) is 8.92. The molecule has 0 heterocycles. The van der Waals surface area contributed by atoms with E-state index in [0.29, 0.717) is 5.92 Å². The zero-order valence-corrected chi connectivity index (χ0v) is 16.3. The summed E-state index contributed by atoms with van der Waals surface area (Å²) < 4.78 is 0. The lowest BCUT2D eigenvalue weighted by molar-refractivity contribution is -0.112. The molecule has 2 aliphatic rings. The molecule has 2 saturated carbocycles. The molecule has 0 aliphatic heterocycles. The molecular formula is C23H42O. The van der Waals surface area contributed by atoms with Crippen molar-refractivity contribution >= 4 is 6.29 Å². The SMILES string of the molecule is CCC1CCCC(CCCCCCCCC2CCC(C=O)CC2)C1. The van der Waals surface area contributed by atoms with Crippen LogP contribution < -0.4 is 0 Å². The summed E-state index contributed by atoms with van der Waals surface area (Å²) in [6, 6.07) is 0. The zero-order chi connectivity index (χ0) is 17.0. The maximum absolute atomic E-state index is 10.8. The smallest absolute Gasteiger partial charge is 0.123 e. The Morgan fingerprint density at radius 3 is 1.92 bits per heavy atom. The lowest BCUT2D eigenvalue weighted by Gasteiger charge is -2.28. The van der Waals surface area contributed by atoms with Crippen LogP contribution in [0.25, 0.3) is 0 Å². The molecule has 2 fully saturated rings. The molecule has 140 valence electrons. The van der Waals surface area contributed by atoms with Crippen LogP contribution in [0.15, 0.2) is 0 Å². The molecule has 0 radical (unpaired) electrons. The lowest BCUT2D eigenvalue weighted by atomic mass is 9.78. The van der Waals surface area contributed by atoms with Crippen LogP contribution in [0.3, 0.4) is 0 Å². The molecule has 0 saturated heterocycles. The van der Waals surface area contributed by atoms with Crippen LogP contribution in [-0.4, -0.2) is 6.29 Å². The van der Waals surface area contributed by atoms with Crippen molar-refractivity contribution in [3.05, 3.63) is 0 Å². The van der Waals surface area contributed by atoms with E-state index in [1.54, 1.807) is 0 Å². The van der Waals surface area contributed by atoms with Crippen molar-refractivity contribution in [3.63, 3.8) is 0 Å². The third kappa shape index (κ3) is 7.70. The highest BCUT2D eigenvalue weighted by molar-refractivity contribution is 5.53. The number of carbonyl (C=O) groups is 1. The van der Waals surface area contributed by atoms with Crippen molar-refractivity contribution in [1.82, 2.24) is 0 Å². The first kappa shape index (κ1) is 20.0. The van der Waals surface area contributed by atoms with Crippen molar-refractivity contribution in [3.8, 4) is 0 Å². The van der Waals surface area contributed by atoms with Gasteiger partial charge in [-0.15, -0.1) is 0 Å². The summed E-state index contributed by atoms with van der Waals surface area (Å²) in [5.74, 6) is 3.42. The molecule has 0 aromatic carbocycles. The van der Waals surface area contributed by atoms with Gasteiger partial charge in [0, 0.05) is 5.92 Å². The van der Waals surface area contributed by atoms with E-state index in [1.807, 2.05) is 0 Å². The van der Waals surface area contributed by atoms with Crippen LogP contribution >= 0.6 is 0 Å². The Morgan fingerprint density at radius 1 is 0.708 bits per heavy atom. The normalized spacial score (nSPS) is 31.0. The van der Waals surface area contributed by atoms with Crippen LogP contribution in [0.4, 0.5) is 0 Å². The molecule has 24 heavy (non-hydrogen) atoms. The average Bonchev–Trinajstić information content (AvgIpc) is 2.64. The molecule has 2 unspecified atom stereocenters. The van der Waals surface area contributed by atoms with Crippen LogP contribution in [0, 0.1) is 23.7 Å². The van der Waals surface area contributed by atoms with Gasteiger partial charge in [0.15, 0.2) is 0 Å². The van der Waals surface area contributed by atoms with Crippen molar-refractivity contribution in [2.45, 2.75) is 116 Å². The molecule has 2 rings (SSSR count). The fraction of sp³-hybridized carbons (Fsp3) is 0.957. The van der Waals surface area contributed by atoms with Gasteiger partial charge in [-0.1, -0.05) is 84.0 Å². The predicted molar refractivity (Wildman–Crippen MR) is 104 cm³/mol. The molecule has 0 aromatic rings. The molecule has 0 aromatic heterocycles. The molecule has 0 N–H and O–H groups in total. The Balaban J connectivity index is 1.37. The van der Waals surface area contributed by atoms with E-state index in [-0.39, 0.29) is 0 Å². The second kappa shape index (κ2) is 12.1. The zero-order valence-electron chi connectivity index (χ0n) is 16.3. The van der Waals surface area contributed by atoms with Gasteiger partial charge in [0.25, 0.3) is 0 Å². The van der Waals surface area contributed by atoms with Gasteiger partial charge in [-0.05, 0) is 49.9 Å². The number of rotatable bonds is 11. The minimum Gasteiger partial charge on any atom is -0.303 e. The van der Waals surface area contributed by atoms with Gasteiger partial charge in [0.1, 0.15) is 6.29 Å². The average molecular weight is 335 g/mol. The quantitative estimate of drug-likeness (QED) is 0.285. The molecule has 2 aliphatic carbocycles. The summed E-state index contributed by atoms with van der Waals surface area (Å²) >= 11 is 0. The van der Waals surface area contributed by atoms with Crippen LogP contribution in [-0.2, 0) is 4.79 Å². The summed E-state index contributed by atoms with van der Waals surface area (Å²) in [5, 5.41) is 0. The van der Waals surface area contributed by atoms with Crippen molar-refractivity contribution in [2.75, 3.05) is 0 Å². The number of unbranched alkanes of at least 4 members (excludes halogenated alkanes) is 5. The van der Waals surface area contributed by atoms with E-state index in [2.05, 4.69) is 6.92 Å². The molecule has 1 heteroatoms. The molecule has 0 bridgehead atoms. The summed E-state index contributed by atoms with van der Waals surface area (Å²) in [7, 11) is 0.